The van der Waals surface area contributed by atoms with Gasteiger partial charge in [0.1, 0.15) is 0 Å². The van der Waals surface area contributed by atoms with Gasteiger partial charge in [0.15, 0.2) is 17.3 Å². The molecular formula is C14H18O5. The topological polar surface area (TPSA) is 61.8 Å². The van der Waals surface area contributed by atoms with Crippen molar-refractivity contribution in [3.63, 3.8) is 0 Å². The average Bonchev–Trinajstić information content (AvgIpc) is 2.37. The first-order valence-corrected chi connectivity index (χ1v) is 5.99. The smallest absolute Gasteiger partial charge is 0.302 e. The summed E-state index contributed by atoms with van der Waals surface area (Å²) in [7, 11) is 1.52. The molecule has 0 aromatic heterocycles. The summed E-state index contributed by atoms with van der Waals surface area (Å²) in [5.41, 5.74) is 0.573. The van der Waals surface area contributed by atoms with Crippen molar-refractivity contribution in [2.75, 3.05) is 20.3 Å². The van der Waals surface area contributed by atoms with Gasteiger partial charge < -0.3 is 14.2 Å². The fourth-order valence-corrected chi connectivity index (χ4v) is 1.46. The van der Waals surface area contributed by atoms with Crippen molar-refractivity contribution in [3.8, 4) is 11.5 Å². The van der Waals surface area contributed by atoms with E-state index in [1.807, 2.05) is 0 Å². The molecule has 0 aliphatic heterocycles. The van der Waals surface area contributed by atoms with Gasteiger partial charge in [0.25, 0.3) is 0 Å². The van der Waals surface area contributed by atoms with Crippen LogP contribution in [0, 0.1) is 0 Å². The van der Waals surface area contributed by atoms with Crippen LogP contribution in [-0.2, 0) is 9.53 Å². The lowest BCUT2D eigenvalue weighted by atomic mass is 10.1. The Labute approximate surface area is 112 Å². The van der Waals surface area contributed by atoms with Crippen LogP contribution in [0.2, 0.25) is 0 Å². The highest BCUT2D eigenvalue weighted by atomic mass is 16.5. The molecule has 104 valence electrons. The standard InChI is InChI=1S/C14H18O5/c1-10(15)12-5-6-13(14(9-12)17-3)19-8-4-7-18-11(2)16/h5-6,9H,4,7-8H2,1-3H3. The minimum atomic E-state index is -0.302. The molecule has 0 aliphatic carbocycles. The van der Waals surface area contributed by atoms with Crippen molar-refractivity contribution >= 4 is 11.8 Å². The summed E-state index contributed by atoms with van der Waals surface area (Å²) in [4.78, 5) is 21.8. The lowest BCUT2D eigenvalue weighted by Crippen LogP contribution is -2.06. The van der Waals surface area contributed by atoms with Gasteiger partial charge in [-0.3, -0.25) is 9.59 Å². The molecule has 0 spiro atoms. The van der Waals surface area contributed by atoms with Crippen LogP contribution in [0.15, 0.2) is 18.2 Å². The highest BCUT2D eigenvalue weighted by molar-refractivity contribution is 5.94. The first-order chi connectivity index (χ1) is 9.04. The van der Waals surface area contributed by atoms with Gasteiger partial charge in [0.05, 0.1) is 20.3 Å². The molecule has 0 radical (unpaired) electrons. The summed E-state index contributed by atoms with van der Waals surface area (Å²) in [6.07, 6.45) is 0.594. The van der Waals surface area contributed by atoms with Gasteiger partial charge >= 0.3 is 5.97 Å². The summed E-state index contributed by atoms with van der Waals surface area (Å²) < 4.78 is 15.5. The molecule has 1 aromatic rings. The maximum absolute atomic E-state index is 11.2. The van der Waals surface area contributed by atoms with E-state index in [9.17, 15) is 9.59 Å². The molecule has 0 aliphatic rings. The zero-order valence-corrected chi connectivity index (χ0v) is 11.4. The third-order valence-electron chi connectivity index (χ3n) is 2.42. The van der Waals surface area contributed by atoms with Crippen molar-refractivity contribution in [3.05, 3.63) is 23.8 Å². The van der Waals surface area contributed by atoms with Crippen LogP contribution >= 0.6 is 0 Å². The van der Waals surface area contributed by atoms with E-state index in [1.165, 1.54) is 21.0 Å². The van der Waals surface area contributed by atoms with E-state index in [1.54, 1.807) is 18.2 Å². The first-order valence-electron chi connectivity index (χ1n) is 5.99. The minimum absolute atomic E-state index is 0.0280. The third kappa shape index (κ3) is 4.99. The Morgan fingerprint density at radius 3 is 2.42 bits per heavy atom. The summed E-state index contributed by atoms with van der Waals surface area (Å²) >= 11 is 0. The molecular weight excluding hydrogens is 248 g/mol. The zero-order valence-electron chi connectivity index (χ0n) is 11.4. The summed E-state index contributed by atoms with van der Waals surface area (Å²) in [5, 5.41) is 0. The summed E-state index contributed by atoms with van der Waals surface area (Å²) in [5.74, 6) is 0.749. The van der Waals surface area contributed by atoms with Crippen LogP contribution < -0.4 is 9.47 Å². The molecule has 19 heavy (non-hydrogen) atoms. The molecule has 1 rings (SSSR count). The number of carbonyl (C=O) groups excluding carboxylic acids is 2. The maximum atomic E-state index is 11.2. The molecule has 0 heterocycles. The second-order valence-corrected chi connectivity index (χ2v) is 3.96. The SMILES string of the molecule is COc1cc(C(C)=O)ccc1OCCCOC(C)=O. The highest BCUT2D eigenvalue weighted by Gasteiger charge is 2.08. The van der Waals surface area contributed by atoms with Gasteiger partial charge in [-0.05, 0) is 25.1 Å². The Morgan fingerprint density at radius 1 is 1.11 bits per heavy atom. The molecule has 0 fully saturated rings. The van der Waals surface area contributed by atoms with Crippen LogP contribution in [0.3, 0.4) is 0 Å². The third-order valence-corrected chi connectivity index (χ3v) is 2.42. The van der Waals surface area contributed by atoms with E-state index in [2.05, 4.69) is 0 Å². The molecule has 0 saturated heterocycles. The number of hydrogen-bond acceptors (Lipinski definition) is 5. The Morgan fingerprint density at radius 2 is 1.84 bits per heavy atom. The van der Waals surface area contributed by atoms with E-state index >= 15 is 0 Å². The van der Waals surface area contributed by atoms with E-state index in [-0.39, 0.29) is 11.8 Å². The van der Waals surface area contributed by atoms with Gasteiger partial charge in [-0.2, -0.15) is 0 Å². The Bertz CT molecular complexity index is 453. The average molecular weight is 266 g/mol. The normalized spacial score (nSPS) is 9.84. The van der Waals surface area contributed by atoms with E-state index < -0.39 is 0 Å². The van der Waals surface area contributed by atoms with E-state index in [0.29, 0.717) is 36.7 Å². The predicted molar refractivity (Wildman–Crippen MR) is 69.7 cm³/mol. The number of benzene rings is 1. The van der Waals surface area contributed by atoms with Gasteiger partial charge in [-0.25, -0.2) is 0 Å². The molecule has 0 saturated carbocycles. The quantitative estimate of drug-likeness (QED) is 0.430. The second kappa shape index (κ2) is 7.41. The first kappa shape index (κ1) is 15.0. The van der Waals surface area contributed by atoms with Gasteiger partial charge in [-0.15, -0.1) is 0 Å². The van der Waals surface area contributed by atoms with Gasteiger partial charge in [-0.1, -0.05) is 0 Å². The fraction of sp³-hybridized carbons (Fsp3) is 0.429. The zero-order chi connectivity index (χ0) is 14.3. The molecule has 5 heteroatoms. The van der Waals surface area contributed by atoms with E-state index in [0.717, 1.165) is 0 Å². The molecule has 0 bridgehead atoms. The predicted octanol–water partition coefficient (Wildman–Crippen LogP) is 2.23. The fourth-order valence-electron chi connectivity index (χ4n) is 1.46. The van der Waals surface area contributed by atoms with Gasteiger partial charge in [0, 0.05) is 18.9 Å². The minimum Gasteiger partial charge on any atom is -0.493 e. The highest BCUT2D eigenvalue weighted by Crippen LogP contribution is 2.28. The van der Waals surface area contributed by atoms with Crippen LogP contribution in [0.4, 0.5) is 0 Å². The summed E-state index contributed by atoms with van der Waals surface area (Å²) in [6.45, 7) is 3.59. The summed E-state index contributed by atoms with van der Waals surface area (Å²) in [6, 6.07) is 5.03. The Hall–Kier alpha value is -2.04. The van der Waals surface area contributed by atoms with Crippen molar-refractivity contribution in [1.82, 2.24) is 0 Å². The van der Waals surface area contributed by atoms with Crippen molar-refractivity contribution in [2.45, 2.75) is 20.3 Å². The van der Waals surface area contributed by atoms with Gasteiger partial charge in [0.2, 0.25) is 0 Å². The lowest BCUT2D eigenvalue weighted by Gasteiger charge is -2.11. The Balaban J connectivity index is 2.53. The number of hydrogen-bond donors (Lipinski definition) is 0. The van der Waals surface area contributed by atoms with Crippen LogP contribution in [0.1, 0.15) is 30.6 Å². The lowest BCUT2D eigenvalue weighted by molar-refractivity contribution is -0.141. The molecule has 5 nitrogen and oxygen atoms in total. The molecule has 1 aromatic carbocycles. The molecule has 0 amide bonds. The molecule has 0 N–H and O–H groups in total. The van der Waals surface area contributed by atoms with E-state index in [4.69, 9.17) is 14.2 Å². The number of methoxy groups -OCH3 is 1. The number of ketones is 1. The van der Waals surface area contributed by atoms with Crippen LogP contribution in [0.5, 0.6) is 11.5 Å². The molecule has 0 unspecified atom stereocenters. The number of ether oxygens (including phenoxy) is 3. The van der Waals surface area contributed by atoms with Crippen molar-refractivity contribution in [2.24, 2.45) is 0 Å². The number of carbonyl (C=O) groups is 2. The Kier molecular flexibility index (Phi) is 5.85. The number of Topliss-reactive ketones (excluding diaryl/α,β-unsaturated/α-hetero) is 1. The largest absolute Gasteiger partial charge is 0.493 e. The van der Waals surface area contributed by atoms with Crippen LogP contribution in [-0.4, -0.2) is 32.1 Å². The molecule has 0 atom stereocenters. The van der Waals surface area contributed by atoms with Crippen molar-refractivity contribution < 1.29 is 23.8 Å². The number of rotatable bonds is 7. The van der Waals surface area contributed by atoms with Crippen molar-refractivity contribution in [1.29, 1.82) is 0 Å². The second-order valence-electron chi connectivity index (χ2n) is 3.96. The number of esters is 1. The maximum Gasteiger partial charge on any atom is 0.302 e. The monoisotopic (exact) mass is 266 g/mol. The van der Waals surface area contributed by atoms with Crippen LogP contribution in [0.25, 0.3) is 0 Å².